The van der Waals surface area contributed by atoms with Crippen LogP contribution in [0, 0.1) is 6.92 Å². The first-order valence-corrected chi connectivity index (χ1v) is 8.08. The molecule has 0 aliphatic rings. The molecule has 1 N–H and O–H groups in total. The topological polar surface area (TPSA) is 21.3 Å². The van der Waals surface area contributed by atoms with Crippen molar-refractivity contribution in [2.45, 2.75) is 26.3 Å². The van der Waals surface area contributed by atoms with Crippen LogP contribution in [0.25, 0.3) is 0 Å². The van der Waals surface area contributed by atoms with E-state index in [1.165, 1.54) is 16.7 Å². The highest BCUT2D eigenvalue weighted by Gasteiger charge is 2.16. The zero-order chi connectivity index (χ0) is 15.2. The Kier molecular flexibility index (Phi) is 5.83. The summed E-state index contributed by atoms with van der Waals surface area (Å²) in [6, 6.07) is 14.9. The lowest BCUT2D eigenvalue weighted by molar-refractivity contribution is 0.413. The number of aryl methyl sites for hydroxylation is 1. The number of halogens is 1. The van der Waals surface area contributed by atoms with E-state index in [0.717, 1.165) is 23.2 Å². The molecule has 2 nitrogen and oxygen atoms in total. The first kappa shape index (κ1) is 16.1. The molecule has 3 heteroatoms. The molecule has 2 aromatic carbocycles. The zero-order valence-electron chi connectivity index (χ0n) is 12.8. The van der Waals surface area contributed by atoms with E-state index >= 15 is 0 Å². The molecule has 1 unspecified atom stereocenters. The van der Waals surface area contributed by atoms with Crippen LogP contribution in [-0.2, 0) is 0 Å². The smallest absolute Gasteiger partial charge is 0.119 e. The Balaban J connectivity index is 2.41. The van der Waals surface area contributed by atoms with Crippen molar-refractivity contribution in [3.05, 3.63) is 63.6 Å². The second-order valence-electron chi connectivity index (χ2n) is 5.16. The summed E-state index contributed by atoms with van der Waals surface area (Å²) in [6.45, 7) is 5.32. The van der Waals surface area contributed by atoms with Crippen LogP contribution in [0.4, 0.5) is 0 Å². The maximum absolute atomic E-state index is 5.36. The molecule has 1 atom stereocenters. The largest absolute Gasteiger partial charge is 0.497 e. The third kappa shape index (κ3) is 4.08. The highest BCUT2D eigenvalue weighted by atomic mass is 79.9. The van der Waals surface area contributed by atoms with Gasteiger partial charge in [-0.2, -0.15) is 0 Å². The molecule has 0 aromatic heterocycles. The summed E-state index contributed by atoms with van der Waals surface area (Å²) in [6.07, 6.45) is 1.11. The molecule has 2 aromatic rings. The molecule has 0 saturated carbocycles. The minimum Gasteiger partial charge on any atom is -0.497 e. The Morgan fingerprint density at radius 1 is 1.19 bits per heavy atom. The molecule has 0 fully saturated rings. The molecule has 0 bridgehead atoms. The van der Waals surface area contributed by atoms with Gasteiger partial charge in [0, 0.05) is 4.47 Å². The highest BCUT2D eigenvalue weighted by Crippen LogP contribution is 2.29. The van der Waals surface area contributed by atoms with Crippen molar-refractivity contribution in [1.29, 1.82) is 0 Å². The highest BCUT2D eigenvalue weighted by molar-refractivity contribution is 9.10. The van der Waals surface area contributed by atoms with Gasteiger partial charge in [-0.25, -0.2) is 0 Å². The average molecular weight is 348 g/mol. The number of nitrogens with one attached hydrogen (secondary N) is 1. The van der Waals surface area contributed by atoms with Gasteiger partial charge in [0.1, 0.15) is 5.75 Å². The second-order valence-corrected chi connectivity index (χ2v) is 6.08. The van der Waals surface area contributed by atoms with Gasteiger partial charge in [-0.1, -0.05) is 41.1 Å². The number of benzene rings is 2. The second kappa shape index (κ2) is 7.62. The summed E-state index contributed by atoms with van der Waals surface area (Å²) in [5.41, 5.74) is 3.81. The molecule has 21 heavy (non-hydrogen) atoms. The lowest BCUT2D eigenvalue weighted by Gasteiger charge is -2.22. The Morgan fingerprint density at radius 2 is 2.00 bits per heavy atom. The average Bonchev–Trinajstić information content (AvgIpc) is 2.49. The van der Waals surface area contributed by atoms with E-state index in [0.29, 0.717) is 0 Å². The lowest BCUT2D eigenvalue weighted by atomic mass is 9.94. The fraction of sp³-hybridized carbons (Fsp3) is 0.333. The van der Waals surface area contributed by atoms with Gasteiger partial charge in [-0.3, -0.25) is 0 Å². The SMILES string of the molecule is CCCNC(c1cccc(OC)c1)c1ccc(Br)cc1C. The van der Waals surface area contributed by atoms with Crippen LogP contribution in [0.2, 0.25) is 0 Å². The molecule has 0 amide bonds. The summed E-state index contributed by atoms with van der Waals surface area (Å²) in [5, 5.41) is 3.64. The van der Waals surface area contributed by atoms with Crippen molar-refractivity contribution in [2.75, 3.05) is 13.7 Å². The lowest BCUT2D eigenvalue weighted by Crippen LogP contribution is -2.24. The molecule has 0 radical (unpaired) electrons. The van der Waals surface area contributed by atoms with Gasteiger partial charge in [0.05, 0.1) is 13.2 Å². The van der Waals surface area contributed by atoms with E-state index in [4.69, 9.17) is 4.74 Å². The van der Waals surface area contributed by atoms with Crippen LogP contribution in [0.1, 0.15) is 36.1 Å². The van der Waals surface area contributed by atoms with Crippen LogP contribution in [-0.4, -0.2) is 13.7 Å². The van der Waals surface area contributed by atoms with Crippen LogP contribution < -0.4 is 10.1 Å². The van der Waals surface area contributed by atoms with E-state index in [1.807, 2.05) is 12.1 Å². The Hall–Kier alpha value is -1.32. The normalized spacial score (nSPS) is 12.2. The third-order valence-corrected chi connectivity index (χ3v) is 4.06. The third-order valence-electron chi connectivity index (χ3n) is 3.57. The van der Waals surface area contributed by atoms with Crippen LogP contribution in [0.3, 0.4) is 0 Å². The van der Waals surface area contributed by atoms with Gasteiger partial charge in [0.15, 0.2) is 0 Å². The van der Waals surface area contributed by atoms with Crippen molar-refractivity contribution in [3.8, 4) is 5.75 Å². The summed E-state index contributed by atoms with van der Waals surface area (Å²) < 4.78 is 6.47. The van der Waals surface area contributed by atoms with E-state index < -0.39 is 0 Å². The van der Waals surface area contributed by atoms with Gasteiger partial charge in [0.2, 0.25) is 0 Å². The molecule has 0 aliphatic heterocycles. The van der Waals surface area contributed by atoms with Gasteiger partial charge in [-0.05, 0) is 60.8 Å². The molecular formula is C18H22BrNO. The van der Waals surface area contributed by atoms with E-state index in [1.54, 1.807) is 7.11 Å². The summed E-state index contributed by atoms with van der Waals surface area (Å²) >= 11 is 3.54. The van der Waals surface area contributed by atoms with E-state index in [9.17, 15) is 0 Å². The van der Waals surface area contributed by atoms with Crippen LogP contribution in [0.15, 0.2) is 46.9 Å². The number of rotatable bonds is 6. The van der Waals surface area contributed by atoms with Crippen LogP contribution >= 0.6 is 15.9 Å². The maximum atomic E-state index is 5.36. The fourth-order valence-electron chi connectivity index (χ4n) is 2.48. The zero-order valence-corrected chi connectivity index (χ0v) is 14.4. The van der Waals surface area contributed by atoms with Crippen molar-refractivity contribution in [1.82, 2.24) is 5.32 Å². The van der Waals surface area contributed by atoms with Gasteiger partial charge in [0.25, 0.3) is 0 Å². The molecule has 0 spiro atoms. The number of hydrogen-bond acceptors (Lipinski definition) is 2. The molecule has 0 aliphatic carbocycles. The molecular weight excluding hydrogens is 326 g/mol. The van der Waals surface area contributed by atoms with Crippen molar-refractivity contribution in [2.24, 2.45) is 0 Å². The monoisotopic (exact) mass is 347 g/mol. The molecule has 0 saturated heterocycles. The minimum absolute atomic E-state index is 0.188. The quantitative estimate of drug-likeness (QED) is 0.805. The van der Waals surface area contributed by atoms with Crippen molar-refractivity contribution in [3.63, 3.8) is 0 Å². The van der Waals surface area contributed by atoms with Crippen molar-refractivity contribution >= 4 is 15.9 Å². The number of methoxy groups -OCH3 is 1. The summed E-state index contributed by atoms with van der Waals surface area (Å²) in [7, 11) is 1.71. The molecule has 112 valence electrons. The first-order chi connectivity index (χ1) is 10.2. The number of ether oxygens (including phenoxy) is 1. The molecule has 0 heterocycles. The van der Waals surface area contributed by atoms with Crippen LogP contribution in [0.5, 0.6) is 5.75 Å². The first-order valence-electron chi connectivity index (χ1n) is 7.29. The Labute approximate surface area is 135 Å². The number of hydrogen-bond donors (Lipinski definition) is 1. The predicted octanol–water partition coefficient (Wildman–Crippen LogP) is 4.86. The minimum atomic E-state index is 0.188. The van der Waals surface area contributed by atoms with Crippen molar-refractivity contribution < 1.29 is 4.74 Å². The predicted molar refractivity (Wildman–Crippen MR) is 92.0 cm³/mol. The van der Waals surface area contributed by atoms with E-state index in [-0.39, 0.29) is 6.04 Å². The summed E-state index contributed by atoms with van der Waals surface area (Å²) in [5.74, 6) is 0.894. The van der Waals surface area contributed by atoms with Gasteiger partial charge >= 0.3 is 0 Å². The molecule has 2 rings (SSSR count). The standard InChI is InChI=1S/C18H22BrNO/c1-4-10-20-18(14-6-5-7-16(12-14)21-3)17-9-8-15(19)11-13(17)2/h5-9,11-12,18,20H,4,10H2,1-3H3. The maximum Gasteiger partial charge on any atom is 0.119 e. The Morgan fingerprint density at radius 3 is 2.67 bits per heavy atom. The summed E-state index contributed by atoms with van der Waals surface area (Å²) in [4.78, 5) is 0. The van der Waals surface area contributed by atoms with Gasteiger partial charge in [-0.15, -0.1) is 0 Å². The fourth-order valence-corrected chi connectivity index (χ4v) is 2.96. The van der Waals surface area contributed by atoms with E-state index in [2.05, 4.69) is 65.4 Å². The van der Waals surface area contributed by atoms with Gasteiger partial charge < -0.3 is 10.1 Å². The Bertz CT molecular complexity index is 598.